The summed E-state index contributed by atoms with van der Waals surface area (Å²) in [4.78, 5) is 11.2. The molecule has 1 aromatic carbocycles. The molecule has 1 aromatic rings. The Morgan fingerprint density at radius 1 is 1.41 bits per heavy atom. The summed E-state index contributed by atoms with van der Waals surface area (Å²) < 4.78 is 5.23. The van der Waals surface area contributed by atoms with Gasteiger partial charge < -0.3 is 9.84 Å². The maximum absolute atomic E-state index is 11.2. The van der Waals surface area contributed by atoms with Crippen molar-refractivity contribution in [1.82, 2.24) is 0 Å². The monoisotopic (exact) mass is 300 g/mol. The van der Waals surface area contributed by atoms with Crippen molar-refractivity contribution in [3.05, 3.63) is 27.7 Å². The van der Waals surface area contributed by atoms with Crippen LogP contribution in [0.3, 0.4) is 0 Å². The summed E-state index contributed by atoms with van der Waals surface area (Å²) in [5.41, 5.74) is 1.45. The second-order valence-corrected chi connectivity index (χ2v) is 5.83. The molecule has 0 aromatic heterocycles. The standard InChI is InChI=1S/C13H17BrO3/c1-13(2,3)9-5-8(7-11(15)17-4)6-10(14)12(9)16/h5-6,16H,7H2,1-4H3. The zero-order chi connectivity index (χ0) is 13.2. The summed E-state index contributed by atoms with van der Waals surface area (Å²) >= 11 is 3.30. The fourth-order valence-corrected chi connectivity index (χ4v) is 2.08. The van der Waals surface area contributed by atoms with E-state index in [1.807, 2.05) is 26.8 Å². The highest BCUT2D eigenvalue weighted by Crippen LogP contribution is 2.37. The topological polar surface area (TPSA) is 46.5 Å². The molecule has 0 aliphatic carbocycles. The van der Waals surface area contributed by atoms with Crippen molar-refractivity contribution in [2.75, 3.05) is 7.11 Å². The van der Waals surface area contributed by atoms with Crippen LogP contribution in [0.2, 0.25) is 0 Å². The van der Waals surface area contributed by atoms with Crippen LogP contribution in [-0.4, -0.2) is 18.2 Å². The molecule has 0 bridgehead atoms. The van der Waals surface area contributed by atoms with Gasteiger partial charge >= 0.3 is 5.97 Å². The Hall–Kier alpha value is -1.03. The Morgan fingerprint density at radius 3 is 2.47 bits per heavy atom. The third kappa shape index (κ3) is 3.46. The number of rotatable bonds is 2. The predicted molar refractivity (Wildman–Crippen MR) is 70.2 cm³/mol. The molecule has 0 saturated carbocycles. The molecule has 0 saturated heterocycles. The lowest BCUT2D eigenvalue weighted by atomic mass is 9.85. The van der Waals surface area contributed by atoms with Crippen LogP contribution < -0.4 is 0 Å². The highest BCUT2D eigenvalue weighted by Gasteiger charge is 2.21. The maximum atomic E-state index is 11.2. The van der Waals surface area contributed by atoms with Gasteiger partial charge in [0.05, 0.1) is 18.0 Å². The average molecular weight is 301 g/mol. The van der Waals surface area contributed by atoms with Crippen molar-refractivity contribution in [2.45, 2.75) is 32.6 Å². The van der Waals surface area contributed by atoms with Crippen molar-refractivity contribution in [3.8, 4) is 5.75 Å². The Kier molecular flexibility index (Phi) is 4.20. The number of ether oxygens (including phenoxy) is 1. The lowest BCUT2D eigenvalue weighted by Gasteiger charge is -2.22. The molecule has 3 nitrogen and oxygen atoms in total. The number of carbonyl (C=O) groups excluding carboxylic acids is 1. The van der Waals surface area contributed by atoms with E-state index < -0.39 is 0 Å². The Balaban J connectivity index is 3.20. The van der Waals surface area contributed by atoms with E-state index in [-0.39, 0.29) is 23.6 Å². The molecule has 0 radical (unpaired) electrons. The molecule has 0 fully saturated rings. The van der Waals surface area contributed by atoms with Crippen LogP contribution in [-0.2, 0) is 21.4 Å². The van der Waals surface area contributed by atoms with Crippen LogP contribution >= 0.6 is 15.9 Å². The molecule has 94 valence electrons. The number of aromatic hydroxyl groups is 1. The number of hydrogen-bond acceptors (Lipinski definition) is 3. The molecule has 0 amide bonds. The number of methoxy groups -OCH3 is 1. The summed E-state index contributed by atoms with van der Waals surface area (Å²) in [6.45, 7) is 6.03. The predicted octanol–water partition coefficient (Wildman–Crippen LogP) is 3.17. The minimum absolute atomic E-state index is 0.182. The van der Waals surface area contributed by atoms with Gasteiger partial charge in [0, 0.05) is 5.56 Å². The SMILES string of the molecule is COC(=O)Cc1cc(Br)c(O)c(C(C)(C)C)c1. The van der Waals surface area contributed by atoms with E-state index in [0.717, 1.165) is 11.1 Å². The van der Waals surface area contributed by atoms with Gasteiger partial charge in [0.1, 0.15) is 5.75 Å². The second kappa shape index (κ2) is 5.08. The number of hydrogen-bond donors (Lipinski definition) is 1. The summed E-state index contributed by atoms with van der Waals surface area (Å²) in [5.74, 6) is -0.0615. The van der Waals surface area contributed by atoms with Crippen LogP contribution in [0, 0.1) is 0 Å². The molecule has 0 aliphatic heterocycles. The van der Waals surface area contributed by atoms with Crippen LogP contribution in [0.25, 0.3) is 0 Å². The molecule has 1 rings (SSSR count). The zero-order valence-electron chi connectivity index (χ0n) is 10.5. The van der Waals surface area contributed by atoms with Crippen LogP contribution in [0.1, 0.15) is 31.9 Å². The van der Waals surface area contributed by atoms with Gasteiger partial charge in [-0.15, -0.1) is 0 Å². The van der Waals surface area contributed by atoms with Crippen LogP contribution in [0.4, 0.5) is 0 Å². The molecular formula is C13H17BrO3. The fraction of sp³-hybridized carbons (Fsp3) is 0.462. The Morgan fingerprint density at radius 2 is 2.00 bits per heavy atom. The first kappa shape index (κ1) is 14.0. The third-order valence-corrected chi connectivity index (χ3v) is 3.11. The Bertz CT molecular complexity index is 433. The Labute approximate surface area is 110 Å². The van der Waals surface area contributed by atoms with E-state index in [9.17, 15) is 9.90 Å². The third-order valence-electron chi connectivity index (χ3n) is 2.51. The van der Waals surface area contributed by atoms with E-state index in [1.165, 1.54) is 7.11 Å². The molecule has 0 spiro atoms. The van der Waals surface area contributed by atoms with Crippen LogP contribution in [0.15, 0.2) is 16.6 Å². The normalized spacial score (nSPS) is 11.4. The summed E-state index contributed by atoms with van der Waals surface area (Å²) in [5, 5.41) is 9.99. The second-order valence-electron chi connectivity index (χ2n) is 4.98. The summed E-state index contributed by atoms with van der Waals surface area (Å²) in [6.07, 6.45) is 0.207. The van der Waals surface area contributed by atoms with Crippen LogP contribution in [0.5, 0.6) is 5.75 Å². The van der Waals surface area contributed by atoms with Crippen molar-refractivity contribution in [1.29, 1.82) is 0 Å². The number of esters is 1. The van der Waals surface area contributed by atoms with E-state index in [2.05, 4.69) is 20.7 Å². The molecule has 0 heterocycles. The molecular weight excluding hydrogens is 284 g/mol. The number of carbonyl (C=O) groups is 1. The van der Waals surface area contributed by atoms with E-state index in [1.54, 1.807) is 6.07 Å². The van der Waals surface area contributed by atoms with Gasteiger partial charge in [-0.25, -0.2) is 0 Å². The molecule has 0 unspecified atom stereocenters. The average Bonchev–Trinajstić information content (AvgIpc) is 2.21. The molecule has 1 N–H and O–H groups in total. The van der Waals surface area contributed by atoms with E-state index in [0.29, 0.717) is 4.47 Å². The lowest BCUT2D eigenvalue weighted by molar-refractivity contribution is -0.139. The number of phenolic OH excluding ortho intramolecular Hbond substituents is 1. The van der Waals surface area contributed by atoms with E-state index >= 15 is 0 Å². The number of halogens is 1. The molecule has 0 aliphatic rings. The first-order valence-electron chi connectivity index (χ1n) is 5.34. The zero-order valence-corrected chi connectivity index (χ0v) is 12.1. The minimum Gasteiger partial charge on any atom is -0.506 e. The number of phenols is 1. The first-order chi connectivity index (χ1) is 7.75. The van der Waals surface area contributed by atoms with Crippen molar-refractivity contribution in [2.24, 2.45) is 0 Å². The molecule has 4 heteroatoms. The smallest absolute Gasteiger partial charge is 0.309 e. The maximum Gasteiger partial charge on any atom is 0.309 e. The van der Waals surface area contributed by atoms with E-state index in [4.69, 9.17) is 0 Å². The highest BCUT2D eigenvalue weighted by molar-refractivity contribution is 9.10. The highest BCUT2D eigenvalue weighted by atomic mass is 79.9. The lowest BCUT2D eigenvalue weighted by Crippen LogP contribution is -2.13. The summed E-state index contributed by atoms with van der Waals surface area (Å²) in [6, 6.07) is 3.58. The first-order valence-corrected chi connectivity index (χ1v) is 6.13. The fourth-order valence-electron chi connectivity index (χ4n) is 1.57. The van der Waals surface area contributed by atoms with Gasteiger partial charge in [-0.05, 0) is 33.0 Å². The van der Waals surface area contributed by atoms with Gasteiger partial charge in [0.15, 0.2) is 0 Å². The van der Waals surface area contributed by atoms with Gasteiger partial charge in [-0.1, -0.05) is 26.8 Å². The quantitative estimate of drug-likeness (QED) is 0.854. The number of benzene rings is 1. The van der Waals surface area contributed by atoms with Gasteiger partial charge in [-0.2, -0.15) is 0 Å². The van der Waals surface area contributed by atoms with Crippen molar-refractivity contribution < 1.29 is 14.6 Å². The molecule has 17 heavy (non-hydrogen) atoms. The van der Waals surface area contributed by atoms with Gasteiger partial charge in [0.2, 0.25) is 0 Å². The largest absolute Gasteiger partial charge is 0.506 e. The van der Waals surface area contributed by atoms with Crippen molar-refractivity contribution >= 4 is 21.9 Å². The summed E-state index contributed by atoms with van der Waals surface area (Å²) in [7, 11) is 1.36. The molecule has 0 atom stereocenters. The van der Waals surface area contributed by atoms with Gasteiger partial charge in [-0.3, -0.25) is 4.79 Å². The minimum atomic E-state index is -0.289. The van der Waals surface area contributed by atoms with Crippen molar-refractivity contribution in [3.63, 3.8) is 0 Å². The van der Waals surface area contributed by atoms with Gasteiger partial charge in [0.25, 0.3) is 0 Å².